The number of carbonyl (C=O) groups is 1. The molecule has 0 radical (unpaired) electrons. The van der Waals surface area contributed by atoms with E-state index in [0.717, 1.165) is 15.3 Å². The van der Waals surface area contributed by atoms with Crippen LogP contribution < -0.4 is 5.56 Å². The summed E-state index contributed by atoms with van der Waals surface area (Å²) in [6, 6.07) is 18.2. The zero-order valence-electron chi connectivity index (χ0n) is 19.1. The third kappa shape index (κ3) is 5.16. The molecule has 9 heteroatoms. The van der Waals surface area contributed by atoms with Crippen molar-refractivity contribution in [3.63, 3.8) is 0 Å². The van der Waals surface area contributed by atoms with E-state index in [9.17, 15) is 22.4 Å². The van der Waals surface area contributed by atoms with Crippen molar-refractivity contribution in [3.05, 3.63) is 111 Å². The summed E-state index contributed by atoms with van der Waals surface area (Å²) in [5.74, 6) is -1.12. The number of carbonyl (C=O) groups excluding carboxylic acids is 1. The zero-order valence-corrected chi connectivity index (χ0v) is 19.9. The minimum atomic E-state index is -4.17. The highest BCUT2D eigenvalue weighted by molar-refractivity contribution is 7.89. The van der Waals surface area contributed by atoms with Crippen LogP contribution in [0.1, 0.15) is 27.0 Å². The number of rotatable bonds is 7. The molecule has 0 bridgehead atoms. The molecule has 0 fully saturated rings. The van der Waals surface area contributed by atoms with Gasteiger partial charge in [-0.2, -0.15) is 4.31 Å². The van der Waals surface area contributed by atoms with E-state index < -0.39 is 27.4 Å². The van der Waals surface area contributed by atoms with E-state index in [0.29, 0.717) is 11.1 Å². The van der Waals surface area contributed by atoms with Crippen molar-refractivity contribution < 1.29 is 22.3 Å². The molecule has 0 aliphatic carbocycles. The highest BCUT2D eigenvalue weighted by Gasteiger charge is 2.27. The maximum absolute atomic E-state index is 13.7. The number of nitrogens with zero attached hydrogens (tertiary/aromatic N) is 1. The van der Waals surface area contributed by atoms with Gasteiger partial charge in [0.1, 0.15) is 5.82 Å². The molecule has 0 atom stereocenters. The normalized spacial score (nSPS) is 11.7. The van der Waals surface area contributed by atoms with Gasteiger partial charge < -0.3 is 9.72 Å². The van der Waals surface area contributed by atoms with Gasteiger partial charge in [-0.15, -0.1) is 0 Å². The molecule has 3 aromatic carbocycles. The molecule has 1 N–H and O–H groups in total. The van der Waals surface area contributed by atoms with E-state index in [4.69, 9.17) is 4.74 Å². The summed E-state index contributed by atoms with van der Waals surface area (Å²) in [6.07, 6.45) is 0. The number of aromatic amines is 1. The number of sulfonamides is 1. The molecule has 0 saturated carbocycles. The molecule has 0 saturated heterocycles. The van der Waals surface area contributed by atoms with Crippen LogP contribution in [-0.4, -0.2) is 30.8 Å². The topological polar surface area (TPSA) is 96.5 Å². The van der Waals surface area contributed by atoms with E-state index in [1.165, 1.54) is 55.6 Å². The summed E-state index contributed by atoms with van der Waals surface area (Å²) < 4.78 is 46.6. The summed E-state index contributed by atoms with van der Waals surface area (Å²) in [7, 11) is -2.96. The second-order valence-corrected chi connectivity index (χ2v) is 10.0. The fraction of sp³-hybridized carbons (Fsp3) is 0.154. The number of hydrogen-bond acceptors (Lipinski definition) is 5. The highest BCUT2D eigenvalue weighted by atomic mass is 32.2. The first-order chi connectivity index (χ1) is 16.7. The van der Waals surface area contributed by atoms with Crippen molar-refractivity contribution in [1.82, 2.24) is 9.29 Å². The van der Waals surface area contributed by atoms with Crippen molar-refractivity contribution in [2.45, 2.75) is 24.9 Å². The third-order valence-corrected chi connectivity index (χ3v) is 7.46. The number of aromatic nitrogens is 1. The van der Waals surface area contributed by atoms with Crippen molar-refractivity contribution >= 4 is 26.9 Å². The molecule has 0 amide bonds. The highest BCUT2D eigenvalue weighted by Crippen LogP contribution is 2.23. The third-order valence-electron chi connectivity index (χ3n) is 5.68. The van der Waals surface area contributed by atoms with Crippen molar-refractivity contribution in [2.75, 3.05) is 7.11 Å². The summed E-state index contributed by atoms with van der Waals surface area (Å²) in [4.78, 5) is 27.5. The molecule has 1 aromatic heterocycles. The number of ether oxygens (including phenoxy) is 1. The molecule has 4 rings (SSSR count). The van der Waals surface area contributed by atoms with E-state index in [1.807, 2.05) is 25.1 Å². The number of para-hydroxylation sites is 1. The number of halogens is 1. The van der Waals surface area contributed by atoms with Crippen LogP contribution in [-0.2, 0) is 27.8 Å². The molecular formula is C26H23FN2O5S. The van der Waals surface area contributed by atoms with Gasteiger partial charge in [0.2, 0.25) is 10.0 Å². The predicted octanol–water partition coefficient (Wildman–Crippen LogP) is 4.15. The van der Waals surface area contributed by atoms with Crippen LogP contribution in [0, 0.1) is 12.7 Å². The molecule has 4 aromatic rings. The number of pyridine rings is 1. The summed E-state index contributed by atoms with van der Waals surface area (Å²) >= 11 is 0. The summed E-state index contributed by atoms with van der Waals surface area (Å²) in [5, 5.41) is 0.770. The fourth-order valence-electron chi connectivity index (χ4n) is 3.81. The van der Waals surface area contributed by atoms with Gasteiger partial charge in [-0.25, -0.2) is 17.6 Å². The number of H-pyrrole nitrogens is 1. The van der Waals surface area contributed by atoms with Crippen LogP contribution in [0.2, 0.25) is 0 Å². The lowest BCUT2D eigenvalue weighted by Crippen LogP contribution is -2.32. The van der Waals surface area contributed by atoms with Crippen LogP contribution in [0.15, 0.2) is 82.5 Å². The average molecular weight is 495 g/mol. The molecule has 0 unspecified atom stereocenters. The van der Waals surface area contributed by atoms with Gasteiger partial charge in [-0.3, -0.25) is 4.79 Å². The lowest BCUT2D eigenvalue weighted by molar-refractivity contribution is 0.0600. The molecule has 0 aliphatic heterocycles. The van der Waals surface area contributed by atoms with Gasteiger partial charge >= 0.3 is 5.97 Å². The van der Waals surface area contributed by atoms with E-state index in [-0.39, 0.29) is 29.1 Å². The summed E-state index contributed by atoms with van der Waals surface area (Å²) in [6.45, 7) is 1.52. The van der Waals surface area contributed by atoms with Crippen molar-refractivity contribution in [1.29, 1.82) is 0 Å². The van der Waals surface area contributed by atoms with Gasteiger partial charge in [-0.1, -0.05) is 36.4 Å². The maximum atomic E-state index is 13.7. The van der Waals surface area contributed by atoms with Gasteiger partial charge in [0.05, 0.1) is 23.1 Å². The molecule has 7 nitrogen and oxygen atoms in total. The average Bonchev–Trinajstić information content (AvgIpc) is 2.85. The zero-order chi connectivity index (χ0) is 25.2. The number of benzene rings is 3. The number of methoxy groups -OCH3 is 1. The van der Waals surface area contributed by atoms with Crippen LogP contribution >= 0.6 is 0 Å². The first kappa shape index (κ1) is 24.3. The van der Waals surface area contributed by atoms with E-state index >= 15 is 0 Å². The smallest absolute Gasteiger partial charge is 0.337 e. The number of nitrogens with one attached hydrogen (secondary N) is 1. The molecule has 0 aliphatic rings. The minimum Gasteiger partial charge on any atom is -0.465 e. The largest absolute Gasteiger partial charge is 0.465 e. The number of aryl methyl sites for hydroxylation is 1. The SMILES string of the molecule is COC(=O)c1cccc(S(=O)(=O)N(Cc2ccc(F)cc2)Cc2cc3cccc(C)c3[nH]c2=O)c1. The first-order valence-corrected chi connectivity index (χ1v) is 12.2. The Hall–Kier alpha value is -3.82. The number of fused-ring (bicyclic) bond motifs is 1. The molecular weight excluding hydrogens is 471 g/mol. The van der Waals surface area contributed by atoms with Gasteiger partial charge in [0.25, 0.3) is 5.56 Å². The number of hydrogen-bond donors (Lipinski definition) is 1. The monoisotopic (exact) mass is 494 g/mol. The van der Waals surface area contributed by atoms with E-state index in [2.05, 4.69) is 4.98 Å². The van der Waals surface area contributed by atoms with Crippen LogP contribution in [0.4, 0.5) is 4.39 Å². The lowest BCUT2D eigenvalue weighted by Gasteiger charge is -2.23. The Morgan fingerprint density at radius 3 is 2.43 bits per heavy atom. The molecule has 0 spiro atoms. The minimum absolute atomic E-state index is 0.0781. The summed E-state index contributed by atoms with van der Waals surface area (Å²) in [5.41, 5.74) is 2.02. The van der Waals surface area contributed by atoms with Crippen LogP contribution in [0.5, 0.6) is 0 Å². The van der Waals surface area contributed by atoms with Gasteiger partial charge in [0.15, 0.2) is 0 Å². The maximum Gasteiger partial charge on any atom is 0.337 e. The quantitative estimate of drug-likeness (QED) is 0.389. The predicted molar refractivity (Wildman–Crippen MR) is 130 cm³/mol. The van der Waals surface area contributed by atoms with E-state index in [1.54, 1.807) is 6.07 Å². The Bertz CT molecular complexity index is 1560. The first-order valence-electron chi connectivity index (χ1n) is 10.7. The number of esters is 1. The van der Waals surface area contributed by atoms with Crippen molar-refractivity contribution in [2.24, 2.45) is 0 Å². The molecule has 35 heavy (non-hydrogen) atoms. The molecule has 180 valence electrons. The Labute approximate surface area is 201 Å². The Kier molecular flexibility index (Phi) is 6.81. The second kappa shape index (κ2) is 9.81. The molecule has 1 heterocycles. The van der Waals surface area contributed by atoms with Gasteiger partial charge in [-0.05, 0) is 59.8 Å². The standard InChI is InChI=1S/C26H23FN2O5S/c1-17-5-3-6-19-13-21(25(30)28-24(17)19)16-29(15-18-9-11-22(27)12-10-18)35(32,33)23-8-4-7-20(14-23)26(31)34-2/h3-14H,15-16H2,1-2H3,(H,28,30). The van der Waals surface area contributed by atoms with Crippen LogP contribution in [0.25, 0.3) is 10.9 Å². The Morgan fingerprint density at radius 1 is 1.00 bits per heavy atom. The lowest BCUT2D eigenvalue weighted by atomic mass is 10.1. The van der Waals surface area contributed by atoms with Gasteiger partial charge in [0, 0.05) is 18.7 Å². The van der Waals surface area contributed by atoms with Crippen LogP contribution in [0.3, 0.4) is 0 Å². The second-order valence-electron chi connectivity index (χ2n) is 8.08. The van der Waals surface area contributed by atoms with Crippen molar-refractivity contribution in [3.8, 4) is 0 Å². The Balaban J connectivity index is 1.79. The Morgan fingerprint density at radius 2 is 1.71 bits per heavy atom. The fourth-order valence-corrected chi connectivity index (χ4v) is 5.26.